The zero-order valence-electron chi connectivity index (χ0n) is 13.8. The van der Waals surface area contributed by atoms with E-state index in [9.17, 15) is 5.11 Å². The van der Waals surface area contributed by atoms with Crippen LogP contribution in [-0.2, 0) is 6.67 Å². The van der Waals surface area contributed by atoms with Gasteiger partial charge in [0.25, 0.3) is 4.84 Å². The monoisotopic (exact) mass is 352 g/mol. The van der Waals surface area contributed by atoms with Crippen LogP contribution >= 0.6 is 12.2 Å². The molecule has 1 unspecified atom stereocenters. The third-order valence-electron chi connectivity index (χ3n) is 4.20. The summed E-state index contributed by atoms with van der Waals surface area (Å²) in [7, 11) is 3.18. The summed E-state index contributed by atoms with van der Waals surface area (Å²) in [5.41, 5.74) is 0.770. The number of aromatic nitrogens is 2. The minimum absolute atomic E-state index is 0.250. The fourth-order valence-electron chi connectivity index (χ4n) is 2.97. The molecule has 1 aromatic heterocycles. The standard InChI is InChI=1S/C16H21N3O4S/c1-21-13-6-5-11(8-14(13)22-2)15-17-19(16(24)23-15)10-18-7-3-4-12(20)9-18/h5-6,8,12,20H,3-4,7,9-10H2,1-2H3/p+1/t12-/m0/s1. The Kier molecular flexibility index (Phi) is 5.17. The van der Waals surface area contributed by atoms with Crippen LogP contribution in [0.1, 0.15) is 12.8 Å². The highest BCUT2D eigenvalue weighted by molar-refractivity contribution is 7.71. The number of likely N-dealkylation sites (tertiary alicyclic amines) is 1. The molecule has 0 bridgehead atoms. The van der Waals surface area contributed by atoms with E-state index < -0.39 is 0 Å². The SMILES string of the molecule is COc1ccc(-c2nn(C[NH+]3CCC[C@H](O)C3)c(=S)o2)cc1OC. The molecule has 0 saturated carbocycles. The molecule has 1 aromatic carbocycles. The first-order valence-electron chi connectivity index (χ1n) is 7.92. The fourth-order valence-corrected chi connectivity index (χ4v) is 3.16. The fraction of sp³-hybridized carbons (Fsp3) is 0.500. The lowest BCUT2D eigenvalue weighted by molar-refractivity contribution is -0.931. The molecule has 2 aromatic rings. The molecule has 0 amide bonds. The topological polar surface area (TPSA) is 74.1 Å². The Hall–Kier alpha value is -1.90. The van der Waals surface area contributed by atoms with Crippen molar-refractivity contribution >= 4 is 12.2 Å². The predicted molar refractivity (Wildman–Crippen MR) is 89.8 cm³/mol. The van der Waals surface area contributed by atoms with E-state index in [1.54, 1.807) is 31.0 Å². The van der Waals surface area contributed by atoms with Gasteiger partial charge in [0.1, 0.15) is 12.6 Å². The van der Waals surface area contributed by atoms with E-state index in [4.69, 9.17) is 26.1 Å². The van der Waals surface area contributed by atoms with Gasteiger partial charge in [-0.3, -0.25) is 0 Å². The molecule has 2 heterocycles. The Morgan fingerprint density at radius 3 is 2.88 bits per heavy atom. The summed E-state index contributed by atoms with van der Waals surface area (Å²) in [6.07, 6.45) is 1.62. The number of nitrogens with zero attached hydrogens (tertiary/aromatic N) is 2. The molecule has 1 fully saturated rings. The van der Waals surface area contributed by atoms with E-state index in [2.05, 4.69) is 5.10 Å². The maximum Gasteiger partial charge on any atom is 0.292 e. The maximum absolute atomic E-state index is 9.79. The molecule has 8 heteroatoms. The Morgan fingerprint density at radius 1 is 1.38 bits per heavy atom. The molecule has 1 aliphatic rings. The van der Waals surface area contributed by atoms with E-state index in [1.165, 1.54) is 4.90 Å². The lowest BCUT2D eigenvalue weighted by Crippen LogP contribution is -3.13. The summed E-state index contributed by atoms with van der Waals surface area (Å²) in [6, 6.07) is 5.46. The summed E-state index contributed by atoms with van der Waals surface area (Å²) in [6.45, 7) is 2.30. The van der Waals surface area contributed by atoms with Gasteiger partial charge in [0, 0.05) is 5.56 Å². The van der Waals surface area contributed by atoms with Crippen LogP contribution in [0.5, 0.6) is 11.5 Å². The number of methoxy groups -OCH3 is 2. The first-order valence-corrected chi connectivity index (χ1v) is 8.33. The van der Waals surface area contributed by atoms with Gasteiger partial charge in [-0.25, -0.2) is 0 Å². The molecule has 0 aliphatic carbocycles. The number of nitrogens with one attached hydrogen (secondary N) is 1. The van der Waals surface area contributed by atoms with Crippen LogP contribution < -0.4 is 14.4 Å². The van der Waals surface area contributed by atoms with E-state index in [1.807, 2.05) is 6.07 Å². The van der Waals surface area contributed by atoms with Crippen molar-refractivity contribution in [1.29, 1.82) is 0 Å². The number of aliphatic hydroxyl groups excluding tert-OH is 1. The van der Waals surface area contributed by atoms with Gasteiger partial charge in [0.15, 0.2) is 18.2 Å². The number of benzene rings is 1. The quantitative estimate of drug-likeness (QED) is 0.779. The molecule has 0 radical (unpaired) electrons. The minimum atomic E-state index is -0.250. The van der Waals surface area contributed by atoms with Crippen LogP contribution in [0.2, 0.25) is 0 Å². The summed E-state index contributed by atoms with van der Waals surface area (Å²) in [5.74, 6) is 1.69. The van der Waals surface area contributed by atoms with Gasteiger partial charge in [-0.05, 0) is 43.3 Å². The third kappa shape index (κ3) is 3.61. The molecule has 2 N–H and O–H groups in total. The van der Waals surface area contributed by atoms with Gasteiger partial charge in [0.05, 0.1) is 20.8 Å². The third-order valence-corrected chi connectivity index (χ3v) is 4.50. The Labute approximate surface area is 145 Å². The number of ether oxygens (including phenoxy) is 2. The molecule has 7 nitrogen and oxygen atoms in total. The molecule has 3 rings (SSSR count). The van der Waals surface area contributed by atoms with E-state index >= 15 is 0 Å². The normalized spacial score (nSPS) is 20.8. The minimum Gasteiger partial charge on any atom is -0.493 e. The summed E-state index contributed by atoms with van der Waals surface area (Å²) >= 11 is 5.28. The first-order chi connectivity index (χ1) is 11.6. The molecular formula is C16H22N3O4S+. The average molecular weight is 352 g/mol. The second kappa shape index (κ2) is 7.33. The smallest absolute Gasteiger partial charge is 0.292 e. The molecule has 24 heavy (non-hydrogen) atoms. The summed E-state index contributed by atoms with van der Waals surface area (Å²) in [4.78, 5) is 1.57. The highest BCUT2D eigenvalue weighted by Gasteiger charge is 2.22. The van der Waals surface area contributed by atoms with Crippen LogP contribution in [0.3, 0.4) is 0 Å². The highest BCUT2D eigenvalue weighted by Crippen LogP contribution is 2.31. The Bertz CT molecular complexity index is 758. The van der Waals surface area contributed by atoms with Gasteiger partial charge in [0.2, 0.25) is 5.89 Å². The van der Waals surface area contributed by atoms with Crippen molar-refractivity contribution in [3.63, 3.8) is 0 Å². The van der Waals surface area contributed by atoms with Crippen LogP contribution in [0.15, 0.2) is 22.6 Å². The number of hydrogen-bond donors (Lipinski definition) is 2. The molecular weight excluding hydrogens is 330 g/mol. The number of hydrogen-bond acceptors (Lipinski definition) is 6. The molecule has 2 atom stereocenters. The lowest BCUT2D eigenvalue weighted by atomic mass is 10.1. The maximum atomic E-state index is 9.79. The van der Waals surface area contributed by atoms with E-state index in [-0.39, 0.29) is 6.10 Å². The largest absolute Gasteiger partial charge is 0.493 e. The Morgan fingerprint density at radius 2 is 2.17 bits per heavy atom. The average Bonchev–Trinajstić information content (AvgIpc) is 2.95. The number of quaternary nitrogens is 1. The van der Waals surface area contributed by atoms with Crippen molar-refractivity contribution in [3.8, 4) is 23.0 Å². The summed E-state index contributed by atoms with van der Waals surface area (Å²) in [5, 5.41) is 14.3. The van der Waals surface area contributed by atoms with Gasteiger partial charge >= 0.3 is 0 Å². The van der Waals surface area contributed by atoms with Gasteiger partial charge in [-0.1, -0.05) is 0 Å². The molecule has 0 spiro atoms. The molecule has 1 saturated heterocycles. The van der Waals surface area contributed by atoms with Gasteiger partial charge < -0.3 is 23.9 Å². The summed E-state index contributed by atoms with van der Waals surface area (Å²) < 4.78 is 17.9. The van der Waals surface area contributed by atoms with E-state index in [0.29, 0.717) is 35.4 Å². The van der Waals surface area contributed by atoms with Gasteiger partial charge in [-0.15, -0.1) is 5.10 Å². The second-order valence-electron chi connectivity index (χ2n) is 5.90. The Balaban J connectivity index is 1.82. The van der Waals surface area contributed by atoms with Crippen LogP contribution in [0.4, 0.5) is 0 Å². The van der Waals surface area contributed by atoms with Crippen molar-refractivity contribution in [2.24, 2.45) is 0 Å². The van der Waals surface area contributed by atoms with Gasteiger partial charge in [-0.2, -0.15) is 4.68 Å². The van der Waals surface area contributed by atoms with E-state index in [0.717, 1.165) is 24.9 Å². The number of rotatable bonds is 5. The first kappa shape index (κ1) is 16.9. The van der Waals surface area contributed by atoms with Crippen molar-refractivity contribution in [2.75, 3.05) is 27.3 Å². The zero-order valence-corrected chi connectivity index (χ0v) is 14.6. The van der Waals surface area contributed by atoms with Crippen molar-refractivity contribution in [2.45, 2.75) is 25.6 Å². The molecule has 130 valence electrons. The number of aliphatic hydroxyl groups is 1. The van der Waals surface area contributed by atoms with Crippen LogP contribution in [0.25, 0.3) is 11.5 Å². The predicted octanol–water partition coefficient (Wildman–Crippen LogP) is 0.887. The van der Waals surface area contributed by atoms with Crippen molar-refractivity contribution < 1.29 is 23.9 Å². The van der Waals surface area contributed by atoms with Crippen LogP contribution in [-0.4, -0.2) is 48.3 Å². The molecule has 1 aliphatic heterocycles. The zero-order chi connectivity index (χ0) is 17.1. The van der Waals surface area contributed by atoms with Crippen molar-refractivity contribution in [3.05, 3.63) is 23.0 Å². The highest BCUT2D eigenvalue weighted by atomic mass is 32.1. The second-order valence-corrected chi connectivity index (χ2v) is 6.25. The number of piperidine rings is 1. The van der Waals surface area contributed by atoms with Crippen molar-refractivity contribution in [1.82, 2.24) is 9.78 Å². The lowest BCUT2D eigenvalue weighted by Gasteiger charge is -2.26. The van der Waals surface area contributed by atoms with Crippen LogP contribution in [0, 0.1) is 4.84 Å².